The average molecular weight is 521 g/mol. The highest BCUT2D eigenvalue weighted by Crippen LogP contribution is 2.33. The number of methoxy groups -OCH3 is 1. The predicted molar refractivity (Wildman–Crippen MR) is 155 cm³/mol. The molecule has 2 aliphatic rings. The molecule has 1 saturated heterocycles. The van der Waals surface area contributed by atoms with Gasteiger partial charge in [-0.15, -0.1) is 0 Å². The van der Waals surface area contributed by atoms with Crippen LogP contribution < -0.4 is 20.7 Å². The number of hydrogen-bond donors (Lipinski definition) is 3. The minimum atomic E-state index is -0.0680. The quantitative estimate of drug-likeness (QED) is 0.362. The van der Waals surface area contributed by atoms with Gasteiger partial charge in [0.15, 0.2) is 0 Å². The number of carbonyl (C=O) groups is 2. The fourth-order valence-electron chi connectivity index (χ4n) is 5.12. The first-order valence-corrected chi connectivity index (χ1v) is 13.6. The topological polar surface area (TPSA) is 82.7 Å². The Morgan fingerprint density at radius 3 is 2.55 bits per heavy atom. The summed E-state index contributed by atoms with van der Waals surface area (Å²) in [6, 6.07) is 5.75. The van der Waals surface area contributed by atoms with Gasteiger partial charge in [0.2, 0.25) is 5.91 Å². The summed E-state index contributed by atoms with van der Waals surface area (Å²) in [5.74, 6) is 0.723. The first-order valence-electron chi connectivity index (χ1n) is 13.6. The van der Waals surface area contributed by atoms with Crippen molar-refractivity contribution < 1.29 is 14.3 Å². The second-order valence-corrected chi connectivity index (χ2v) is 10.5. The van der Waals surface area contributed by atoms with Gasteiger partial charge in [0.25, 0.3) is 0 Å². The molecule has 1 aliphatic heterocycles. The van der Waals surface area contributed by atoms with Crippen LogP contribution in [0.5, 0.6) is 5.75 Å². The van der Waals surface area contributed by atoms with Crippen LogP contribution in [0.15, 0.2) is 65.0 Å². The highest BCUT2D eigenvalue weighted by atomic mass is 16.5. The van der Waals surface area contributed by atoms with Crippen molar-refractivity contribution in [2.75, 3.05) is 25.5 Å². The van der Waals surface area contributed by atoms with E-state index in [1.807, 2.05) is 43.9 Å². The number of ether oxygens (including phenoxy) is 1. The third kappa shape index (κ3) is 7.30. The van der Waals surface area contributed by atoms with Crippen molar-refractivity contribution in [2.24, 2.45) is 5.92 Å². The monoisotopic (exact) mass is 520 g/mol. The van der Waals surface area contributed by atoms with Crippen molar-refractivity contribution in [3.8, 4) is 5.75 Å². The molecule has 0 atom stereocenters. The Balaban J connectivity index is 1.70. The van der Waals surface area contributed by atoms with E-state index in [0.717, 1.165) is 77.2 Å². The number of hydrogen-bond acceptors (Lipinski definition) is 4. The number of urea groups is 1. The van der Waals surface area contributed by atoms with Crippen LogP contribution in [-0.2, 0) is 4.79 Å². The molecule has 38 heavy (non-hydrogen) atoms. The lowest BCUT2D eigenvalue weighted by Gasteiger charge is -2.41. The molecule has 0 radical (unpaired) electrons. The summed E-state index contributed by atoms with van der Waals surface area (Å²) in [5.41, 5.74) is 6.94. The second-order valence-electron chi connectivity index (χ2n) is 10.5. The van der Waals surface area contributed by atoms with Gasteiger partial charge >= 0.3 is 6.03 Å². The largest absolute Gasteiger partial charge is 0.496 e. The lowest BCUT2D eigenvalue weighted by molar-refractivity contribution is -0.121. The van der Waals surface area contributed by atoms with Crippen LogP contribution in [-0.4, -0.2) is 43.1 Å². The molecule has 206 valence electrons. The maximum atomic E-state index is 13.3. The second kappa shape index (κ2) is 13.4. The van der Waals surface area contributed by atoms with Gasteiger partial charge in [-0.3, -0.25) is 4.79 Å². The third-order valence-corrected chi connectivity index (χ3v) is 7.47. The van der Waals surface area contributed by atoms with Crippen molar-refractivity contribution in [2.45, 2.75) is 72.8 Å². The fraction of sp³-hybridized carbons (Fsp3) is 0.484. The molecular weight excluding hydrogens is 476 g/mol. The van der Waals surface area contributed by atoms with Crippen molar-refractivity contribution in [1.29, 1.82) is 0 Å². The molecule has 1 saturated carbocycles. The first-order chi connectivity index (χ1) is 18.1. The molecule has 0 aromatic heterocycles. The minimum absolute atomic E-state index is 0.0319. The molecule has 0 spiro atoms. The van der Waals surface area contributed by atoms with Gasteiger partial charge in [0.05, 0.1) is 13.7 Å². The average Bonchev–Trinajstić information content (AvgIpc) is 2.91. The van der Waals surface area contributed by atoms with E-state index in [0.29, 0.717) is 13.1 Å². The van der Waals surface area contributed by atoms with E-state index >= 15 is 0 Å². The Morgan fingerprint density at radius 2 is 1.92 bits per heavy atom. The van der Waals surface area contributed by atoms with E-state index in [-0.39, 0.29) is 23.9 Å². The zero-order chi connectivity index (χ0) is 27.8. The van der Waals surface area contributed by atoms with Gasteiger partial charge in [0.1, 0.15) is 5.75 Å². The van der Waals surface area contributed by atoms with Crippen LogP contribution in [0.4, 0.5) is 10.5 Å². The molecule has 0 unspecified atom stereocenters. The highest BCUT2D eigenvalue weighted by Gasteiger charge is 2.35. The van der Waals surface area contributed by atoms with Crippen molar-refractivity contribution >= 4 is 17.6 Å². The van der Waals surface area contributed by atoms with Crippen molar-refractivity contribution in [3.05, 3.63) is 70.6 Å². The van der Waals surface area contributed by atoms with Crippen LogP contribution in [0, 0.1) is 12.8 Å². The smallest absolute Gasteiger partial charge is 0.322 e. The van der Waals surface area contributed by atoms with Gasteiger partial charge in [-0.1, -0.05) is 31.7 Å². The van der Waals surface area contributed by atoms with E-state index in [9.17, 15) is 9.59 Å². The molecule has 3 N–H and O–H groups in total. The Hall–Kier alpha value is -3.48. The summed E-state index contributed by atoms with van der Waals surface area (Å²) in [7, 11) is 1.63. The molecule has 1 heterocycles. The summed E-state index contributed by atoms with van der Waals surface area (Å²) in [4.78, 5) is 28.2. The Bertz CT molecular complexity index is 1140. The molecular formula is C31H44N4O3. The normalized spacial score (nSPS) is 22.6. The van der Waals surface area contributed by atoms with Gasteiger partial charge in [-0.25, -0.2) is 4.79 Å². The summed E-state index contributed by atoms with van der Waals surface area (Å²) in [6.45, 7) is 15.3. The van der Waals surface area contributed by atoms with E-state index in [1.165, 1.54) is 0 Å². The zero-order valence-electron chi connectivity index (χ0n) is 23.9. The first kappa shape index (κ1) is 29.1. The summed E-state index contributed by atoms with van der Waals surface area (Å²) >= 11 is 0. The van der Waals surface area contributed by atoms with Gasteiger partial charge in [-0.05, 0) is 88.1 Å². The van der Waals surface area contributed by atoms with Crippen molar-refractivity contribution in [3.63, 3.8) is 0 Å². The molecule has 7 nitrogen and oxygen atoms in total. The number of nitrogens with zero attached hydrogens (tertiary/aromatic N) is 1. The van der Waals surface area contributed by atoms with E-state index in [2.05, 4.69) is 48.5 Å². The maximum absolute atomic E-state index is 13.3. The van der Waals surface area contributed by atoms with Crippen LogP contribution in [0.25, 0.3) is 0 Å². The van der Waals surface area contributed by atoms with Gasteiger partial charge in [-0.2, -0.15) is 0 Å². The fourth-order valence-corrected chi connectivity index (χ4v) is 5.12. The zero-order valence-corrected chi connectivity index (χ0v) is 23.9. The molecule has 0 bridgehead atoms. The minimum Gasteiger partial charge on any atom is -0.496 e. The lowest BCUT2D eigenvalue weighted by Crippen LogP contribution is -2.53. The standard InChI is InChI=1S/C31H44N4O3/c1-8-9-10-21(4)27-19-35(31(37)34-29(27)23(6)18-32-20(2)3)26-15-12-24(13-16-26)30(36)33-25-14-11-22(5)28(17-25)38-7/h9-11,14,17,24,26,32H,2,8,12-13,15-16,18-19H2,1,3-7H3,(H,33,36)(H,34,37)/b10-9+,27-21-,29-23-. The number of rotatable bonds is 9. The maximum Gasteiger partial charge on any atom is 0.322 e. The molecule has 2 fully saturated rings. The Morgan fingerprint density at radius 1 is 1.21 bits per heavy atom. The SMILES string of the molecule is C=C(C)NC\C(C)=C1/NC(=O)N(C2CCC(C(=O)Nc3ccc(C)c(OC)c3)CC2)C/C1=C(C)/C=C/CC. The number of aryl methyl sites for hydroxylation is 1. The number of carbonyl (C=O) groups excluding carboxylic acids is 2. The van der Waals surface area contributed by atoms with Crippen LogP contribution in [0.1, 0.15) is 65.4 Å². The summed E-state index contributed by atoms with van der Waals surface area (Å²) < 4.78 is 5.38. The molecule has 7 heteroatoms. The van der Waals surface area contributed by atoms with Gasteiger partial charge in [0, 0.05) is 41.7 Å². The number of benzene rings is 1. The Labute approximate surface area is 228 Å². The number of anilines is 1. The third-order valence-electron chi connectivity index (χ3n) is 7.47. The van der Waals surface area contributed by atoms with Crippen LogP contribution in [0.2, 0.25) is 0 Å². The van der Waals surface area contributed by atoms with Crippen LogP contribution >= 0.6 is 0 Å². The molecule has 3 amide bonds. The number of amides is 3. The highest BCUT2D eigenvalue weighted by molar-refractivity contribution is 5.93. The molecule has 1 aromatic rings. The lowest BCUT2D eigenvalue weighted by atomic mass is 9.84. The van der Waals surface area contributed by atoms with Crippen molar-refractivity contribution in [1.82, 2.24) is 15.5 Å². The summed E-state index contributed by atoms with van der Waals surface area (Å²) in [5, 5.41) is 9.52. The van der Waals surface area contributed by atoms with E-state index < -0.39 is 0 Å². The number of nitrogens with one attached hydrogen (secondary N) is 3. The number of allylic oxidation sites excluding steroid dienone is 4. The van der Waals surface area contributed by atoms with Gasteiger partial charge < -0.3 is 25.6 Å². The van der Waals surface area contributed by atoms with E-state index in [1.54, 1.807) is 7.11 Å². The predicted octanol–water partition coefficient (Wildman–Crippen LogP) is 6.21. The van der Waals surface area contributed by atoms with E-state index in [4.69, 9.17) is 4.74 Å². The molecule has 1 aromatic carbocycles. The molecule has 3 rings (SSSR count). The van der Waals surface area contributed by atoms with Crippen LogP contribution in [0.3, 0.4) is 0 Å². The Kier molecular flexibility index (Phi) is 10.2. The molecule has 1 aliphatic carbocycles. The summed E-state index contributed by atoms with van der Waals surface area (Å²) in [6.07, 6.45) is 8.35.